The molecule has 200 valence electrons. The summed E-state index contributed by atoms with van der Waals surface area (Å²) in [4.78, 5) is 24.4. The first kappa shape index (κ1) is 26.2. The zero-order chi connectivity index (χ0) is 26.3. The zero-order valence-electron chi connectivity index (χ0n) is 23.9. The highest BCUT2D eigenvalue weighted by Crippen LogP contribution is 2.77. The number of fused-ring (bicyclic) bond motifs is 7. The molecule has 5 aliphatic rings. The topological polar surface area (TPSA) is 43.4 Å². The third-order valence-electron chi connectivity index (χ3n) is 13.7. The fourth-order valence-electron chi connectivity index (χ4n) is 11.6. The van der Waals surface area contributed by atoms with E-state index in [0.29, 0.717) is 36.2 Å². The van der Waals surface area contributed by atoms with Gasteiger partial charge in [-0.3, -0.25) is 4.79 Å². The molecular formula is C33H50O3. The second-order valence-corrected chi connectivity index (χ2v) is 14.8. The summed E-state index contributed by atoms with van der Waals surface area (Å²) in [5, 5.41) is 0. The van der Waals surface area contributed by atoms with Crippen molar-refractivity contribution in [2.75, 3.05) is 6.61 Å². The fourth-order valence-corrected chi connectivity index (χ4v) is 11.6. The summed E-state index contributed by atoms with van der Waals surface area (Å²) < 4.78 is 5.68. The molecule has 3 heteroatoms. The van der Waals surface area contributed by atoms with Gasteiger partial charge in [0, 0.05) is 17.8 Å². The Morgan fingerprint density at radius 2 is 1.67 bits per heavy atom. The van der Waals surface area contributed by atoms with Crippen molar-refractivity contribution in [1.82, 2.24) is 0 Å². The second-order valence-electron chi connectivity index (χ2n) is 14.8. The number of esters is 1. The van der Waals surface area contributed by atoms with Crippen molar-refractivity contribution in [3.05, 3.63) is 24.3 Å². The molecule has 3 nitrogen and oxygen atoms in total. The van der Waals surface area contributed by atoms with Crippen molar-refractivity contribution in [3.8, 4) is 0 Å². The Balaban J connectivity index is 1.52. The Hall–Kier alpha value is -1.38. The summed E-state index contributed by atoms with van der Waals surface area (Å²) in [6.45, 7) is 23.3. The number of allylic oxidation sites excluding steroid dienone is 1. The minimum atomic E-state index is -0.186. The van der Waals surface area contributed by atoms with E-state index >= 15 is 0 Å². The van der Waals surface area contributed by atoms with Crippen LogP contribution in [0.25, 0.3) is 0 Å². The molecule has 5 fully saturated rings. The molecule has 0 radical (unpaired) electrons. The normalized spacial score (nSPS) is 51.8. The molecule has 0 amide bonds. The number of carbonyl (C=O) groups is 2. The Kier molecular flexibility index (Phi) is 6.05. The number of ether oxygens (including phenoxy) is 1. The molecule has 0 aliphatic heterocycles. The first-order valence-electron chi connectivity index (χ1n) is 14.7. The molecule has 0 heterocycles. The molecule has 0 aromatic carbocycles. The number of rotatable bonds is 4. The van der Waals surface area contributed by atoms with Crippen LogP contribution in [0.4, 0.5) is 0 Å². The first-order chi connectivity index (χ1) is 16.8. The Morgan fingerprint density at radius 3 is 2.31 bits per heavy atom. The monoisotopic (exact) mass is 494 g/mol. The molecular weight excluding hydrogens is 444 g/mol. The predicted octanol–water partition coefficient (Wildman–Crippen LogP) is 7.94. The SMILES string of the molecule is C=C(C)C1CCC2(C=O)CCC3(C)C(CCC4C5(C)CCC(=C)C(C)(COC(C)=O)C5CCC43C)C12. The summed E-state index contributed by atoms with van der Waals surface area (Å²) >= 11 is 0. The van der Waals surface area contributed by atoms with Crippen molar-refractivity contribution in [3.63, 3.8) is 0 Å². The molecule has 0 saturated heterocycles. The number of hydrogen-bond acceptors (Lipinski definition) is 3. The van der Waals surface area contributed by atoms with Crippen LogP contribution < -0.4 is 0 Å². The maximum atomic E-state index is 12.6. The smallest absolute Gasteiger partial charge is 0.302 e. The van der Waals surface area contributed by atoms with Gasteiger partial charge in [0.25, 0.3) is 0 Å². The van der Waals surface area contributed by atoms with E-state index in [-0.39, 0.29) is 33.0 Å². The van der Waals surface area contributed by atoms with Crippen molar-refractivity contribution in [2.24, 2.45) is 56.7 Å². The third-order valence-corrected chi connectivity index (χ3v) is 13.7. The predicted molar refractivity (Wildman–Crippen MR) is 145 cm³/mol. The summed E-state index contributed by atoms with van der Waals surface area (Å²) in [6.07, 6.45) is 12.9. The van der Waals surface area contributed by atoms with Gasteiger partial charge in [0.05, 0.1) is 0 Å². The molecule has 36 heavy (non-hydrogen) atoms. The van der Waals surface area contributed by atoms with Gasteiger partial charge in [-0.15, -0.1) is 0 Å². The van der Waals surface area contributed by atoms with E-state index in [1.54, 1.807) is 0 Å². The standard InChI is InChI=1S/C33H50O3/c1-21(2)24-12-16-33(19-34)18-17-31(7)25(28(24)33)9-10-27-29(5)14-11-22(3)30(6,20-36-23(4)35)26(29)13-15-32(27,31)8/h19,24-28H,1,3,9-18,20H2,2,4-8H3. The van der Waals surface area contributed by atoms with E-state index in [9.17, 15) is 9.59 Å². The van der Waals surface area contributed by atoms with Gasteiger partial charge in [0.1, 0.15) is 12.9 Å². The van der Waals surface area contributed by atoms with Crippen LogP contribution >= 0.6 is 0 Å². The minimum Gasteiger partial charge on any atom is -0.465 e. The summed E-state index contributed by atoms with van der Waals surface area (Å²) in [5.41, 5.74) is 3.04. The quantitative estimate of drug-likeness (QED) is 0.226. The lowest BCUT2D eigenvalue weighted by Gasteiger charge is -2.72. The van der Waals surface area contributed by atoms with Gasteiger partial charge in [0.15, 0.2) is 0 Å². The van der Waals surface area contributed by atoms with Crippen molar-refractivity contribution >= 4 is 12.3 Å². The highest BCUT2D eigenvalue weighted by molar-refractivity contribution is 5.66. The molecule has 0 aromatic heterocycles. The molecule has 0 aromatic rings. The molecule has 0 bridgehead atoms. The number of aldehydes is 1. The fraction of sp³-hybridized carbons (Fsp3) is 0.818. The van der Waals surface area contributed by atoms with E-state index in [1.165, 1.54) is 62.9 Å². The van der Waals surface area contributed by atoms with Crippen molar-refractivity contribution in [1.29, 1.82) is 0 Å². The molecule has 0 N–H and O–H groups in total. The number of hydrogen-bond donors (Lipinski definition) is 0. The maximum absolute atomic E-state index is 12.6. The molecule has 10 unspecified atom stereocenters. The van der Waals surface area contributed by atoms with Gasteiger partial charge in [-0.1, -0.05) is 52.0 Å². The lowest BCUT2D eigenvalue weighted by Crippen LogP contribution is -2.66. The van der Waals surface area contributed by atoms with Gasteiger partial charge in [-0.05, 0) is 117 Å². The Labute approximate surface area is 219 Å². The van der Waals surface area contributed by atoms with Gasteiger partial charge >= 0.3 is 5.97 Å². The average molecular weight is 495 g/mol. The minimum absolute atomic E-state index is 0.122. The Bertz CT molecular complexity index is 981. The maximum Gasteiger partial charge on any atom is 0.302 e. The molecule has 10 atom stereocenters. The zero-order valence-corrected chi connectivity index (χ0v) is 23.9. The van der Waals surface area contributed by atoms with Crippen LogP contribution in [-0.4, -0.2) is 18.9 Å². The van der Waals surface area contributed by atoms with E-state index < -0.39 is 0 Å². The summed E-state index contributed by atoms with van der Waals surface area (Å²) in [6, 6.07) is 0. The van der Waals surface area contributed by atoms with Crippen LogP contribution in [-0.2, 0) is 14.3 Å². The van der Waals surface area contributed by atoms with Crippen LogP contribution in [0, 0.1) is 56.7 Å². The molecule has 0 spiro atoms. The highest BCUT2D eigenvalue weighted by atomic mass is 16.5. The van der Waals surface area contributed by atoms with E-state index in [1.807, 2.05) is 0 Å². The van der Waals surface area contributed by atoms with E-state index in [4.69, 9.17) is 4.74 Å². The van der Waals surface area contributed by atoms with Crippen molar-refractivity contribution in [2.45, 2.75) is 106 Å². The highest BCUT2D eigenvalue weighted by Gasteiger charge is 2.70. The molecule has 5 aliphatic carbocycles. The van der Waals surface area contributed by atoms with Crippen LogP contribution in [0.2, 0.25) is 0 Å². The van der Waals surface area contributed by atoms with Gasteiger partial charge < -0.3 is 9.53 Å². The van der Waals surface area contributed by atoms with Gasteiger partial charge in [-0.25, -0.2) is 0 Å². The van der Waals surface area contributed by atoms with E-state index in [0.717, 1.165) is 25.7 Å². The largest absolute Gasteiger partial charge is 0.465 e. The summed E-state index contributed by atoms with van der Waals surface area (Å²) in [7, 11) is 0. The number of carbonyl (C=O) groups excluding carboxylic acids is 2. The lowest BCUT2D eigenvalue weighted by atomic mass is 9.32. The van der Waals surface area contributed by atoms with Crippen LogP contribution in [0.3, 0.4) is 0 Å². The molecule has 5 saturated carbocycles. The van der Waals surface area contributed by atoms with Crippen LogP contribution in [0.1, 0.15) is 106 Å². The van der Waals surface area contributed by atoms with E-state index in [2.05, 4.69) is 47.8 Å². The molecule has 5 rings (SSSR count). The Morgan fingerprint density at radius 1 is 0.944 bits per heavy atom. The lowest BCUT2D eigenvalue weighted by molar-refractivity contribution is -0.232. The van der Waals surface area contributed by atoms with Crippen molar-refractivity contribution < 1.29 is 14.3 Å². The third kappa shape index (κ3) is 3.22. The second kappa shape index (κ2) is 8.31. The summed E-state index contributed by atoms with van der Waals surface area (Å²) in [5.74, 6) is 2.54. The first-order valence-corrected chi connectivity index (χ1v) is 14.7. The van der Waals surface area contributed by atoms with Crippen LogP contribution in [0.5, 0.6) is 0 Å². The van der Waals surface area contributed by atoms with Gasteiger partial charge in [-0.2, -0.15) is 0 Å². The average Bonchev–Trinajstić information content (AvgIpc) is 3.21. The van der Waals surface area contributed by atoms with Crippen LogP contribution in [0.15, 0.2) is 24.3 Å². The van der Waals surface area contributed by atoms with Gasteiger partial charge in [0.2, 0.25) is 0 Å².